The maximum Gasteiger partial charge on any atom is 0.174 e. The van der Waals surface area contributed by atoms with Gasteiger partial charge in [0.1, 0.15) is 28.9 Å². The van der Waals surface area contributed by atoms with Crippen LogP contribution < -0.4 is 4.74 Å². The maximum absolute atomic E-state index is 12.1. The number of hydrogen-bond acceptors (Lipinski definition) is 4. The van der Waals surface area contributed by atoms with Gasteiger partial charge in [0.05, 0.1) is 6.42 Å². The number of Topliss-reactive ketones (excluding diaryl/α,β-unsaturated/α-hetero) is 1. The normalized spacial score (nSPS) is 17.4. The Hall–Kier alpha value is -2.01. The molecule has 0 aromatic heterocycles. The summed E-state index contributed by atoms with van der Waals surface area (Å²) in [6.45, 7) is 0. The fourth-order valence-corrected chi connectivity index (χ4v) is 2.55. The summed E-state index contributed by atoms with van der Waals surface area (Å²) in [5.74, 6) is -0.368. The van der Waals surface area contributed by atoms with E-state index >= 15 is 0 Å². The minimum atomic E-state index is -0.413. The van der Waals surface area contributed by atoms with Crippen molar-refractivity contribution in [3.63, 3.8) is 0 Å². The fourth-order valence-electron chi connectivity index (χ4n) is 2.29. The first-order valence-corrected chi connectivity index (χ1v) is 6.85. The predicted molar refractivity (Wildman–Crippen MR) is 76.2 cm³/mol. The number of halogens is 1. The number of phenolic OH excluding ortho intramolecular Hbond substituents is 2. The van der Waals surface area contributed by atoms with Crippen molar-refractivity contribution in [1.82, 2.24) is 0 Å². The molecule has 2 aromatic rings. The number of hydrogen-bond donors (Lipinski definition) is 2. The van der Waals surface area contributed by atoms with E-state index in [0.717, 1.165) is 16.1 Å². The maximum atomic E-state index is 12.1. The Morgan fingerprint density at radius 2 is 1.85 bits per heavy atom. The van der Waals surface area contributed by atoms with Gasteiger partial charge in [-0.3, -0.25) is 4.79 Å². The van der Waals surface area contributed by atoms with E-state index < -0.39 is 6.10 Å². The molecule has 1 heterocycles. The summed E-state index contributed by atoms with van der Waals surface area (Å²) in [6, 6.07) is 9.97. The second-order valence-corrected chi connectivity index (χ2v) is 5.54. The van der Waals surface area contributed by atoms with Crippen LogP contribution in [0.25, 0.3) is 0 Å². The molecule has 0 saturated carbocycles. The lowest BCUT2D eigenvalue weighted by Crippen LogP contribution is -2.20. The van der Waals surface area contributed by atoms with E-state index in [4.69, 9.17) is 4.74 Å². The Labute approximate surface area is 123 Å². The van der Waals surface area contributed by atoms with Crippen molar-refractivity contribution in [2.24, 2.45) is 0 Å². The number of ketones is 1. The topological polar surface area (TPSA) is 66.8 Å². The minimum absolute atomic E-state index is 0.134. The molecule has 102 valence electrons. The molecule has 1 aliphatic heterocycles. The molecule has 1 atom stereocenters. The van der Waals surface area contributed by atoms with Crippen LogP contribution in [0.3, 0.4) is 0 Å². The molecule has 1 unspecified atom stereocenters. The summed E-state index contributed by atoms with van der Waals surface area (Å²) in [5, 5.41) is 19.2. The van der Waals surface area contributed by atoms with Crippen LogP contribution >= 0.6 is 15.9 Å². The molecule has 0 bridgehead atoms. The highest BCUT2D eigenvalue weighted by Crippen LogP contribution is 2.41. The zero-order valence-electron chi connectivity index (χ0n) is 10.3. The Bertz CT molecular complexity index is 679. The second kappa shape index (κ2) is 4.83. The van der Waals surface area contributed by atoms with Crippen LogP contribution in [0.5, 0.6) is 17.2 Å². The first-order chi connectivity index (χ1) is 9.54. The SMILES string of the molecule is O=C1CC(c2ccc(Br)cc2)Oc2cc(O)cc(O)c21. The van der Waals surface area contributed by atoms with E-state index in [1.54, 1.807) is 0 Å². The molecule has 3 rings (SSSR count). The van der Waals surface area contributed by atoms with Crippen molar-refractivity contribution in [3.8, 4) is 17.2 Å². The molecule has 0 fully saturated rings. The van der Waals surface area contributed by atoms with E-state index in [2.05, 4.69) is 15.9 Å². The van der Waals surface area contributed by atoms with Crippen LogP contribution in [0.15, 0.2) is 40.9 Å². The van der Waals surface area contributed by atoms with Gasteiger partial charge >= 0.3 is 0 Å². The van der Waals surface area contributed by atoms with Gasteiger partial charge < -0.3 is 14.9 Å². The number of carbonyl (C=O) groups excluding carboxylic acids is 1. The van der Waals surface area contributed by atoms with E-state index in [-0.39, 0.29) is 35.0 Å². The summed E-state index contributed by atoms with van der Waals surface area (Å²) < 4.78 is 6.68. The number of phenols is 2. The highest BCUT2D eigenvalue weighted by Gasteiger charge is 2.30. The lowest BCUT2D eigenvalue weighted by atomic mass is 9.95. The first-order valence-electron chi connectivity index (χ1n) is 6.06. The van der Waals surface area contributed by atoms with Crippen molar-refractivity contribution >= 4 is 21.7 Å². The zero-order valence-corrected chi connectivity index (χ0v) is 11.9. The molecule has 0 saturated heterocycles. The van der Waals surface area contributed by atoms with Crippen LogP contribution in [0.4, 0.5) is 0 Å². The zero-order chi connectivity index (χ0) is 14.3. The van der Waals surface area contributed by atoms with Crippen LogP contribution in [0, 0.1) is 0 Å². The van der Waals surface area contributed by atoms with Gasteiger partial charge in [0.2, 0.25) is 0 Å². The van der Waals surface area contributed by atoms with Gasteiger partial charge in [-0.15, -0.1) is 0 Å². The van der Waals surface area contributed by atoms with Gasteiger partial charge in [-0.1, -0.05) is 28.1 Å². The molecule has 2 N–H and O–H groups in total. The summed E-state index contributed by atoms with van der Waals surface area (Å²) in [4.78, 5) is 12.1. The van der Waals surface area contributed by atoms with E-state index in [1.807, 2.05) is 24.3 Å². The molecule has 1 aliphatic rings. The van der Waals surface area contributed by atoms with Crippen molar-refractivity contribution in [3.05, 3.63) is 52.0 Å². The van der Waals surface area contributed by atoms with E-state index in [9.17, 15) is 15.0 Å². The third kappa shape index (κ3) is 2.25. The molecule has 2 aromatic carbocycles. The summed E-state index contributed by atoms with van der Waals surface area (Å²) in [5.41, 5.74) is 1.01. The standard InChI is InChI=1S/C15H11BrO4/c16-9-3-1-8(2-4-9)13-7-12(19)15-11(18)5-10(17)6-14(15)20-13/h1-6,13,17-18H,7H2. The fraction of sp³-hybridized carbons (Fsp3) is 0.133. The molecule has 0 radical (unpaired) electrons. The second-order valence-electron chi connectivity index (χ2n) is 4.62. The summed E-state index contributed by atoms with van der Waals surface area (Å²) in [6.07, 6.45) is -0.253. The summed E-state index contributed by atoms with van der Waals surface area (Å²) >= 11 is 3.35. The highest BCUT2D eigenvalue weighted by molar-refractivity contribution is 9.10. The monoisotopic (exact) mass is 334 g/mol. The van der Waals surface area contributed by atoms with Gasteiger partial charge in [0.15, 0.2) is 5.78 Å². The van der Waals surface area contributed by atoms with Gasteiger partial charge in [0, 0.05) is 16.6 Å². The average Bonchev–Trinajstić information content (AvgIpc) is 2.38. The van der Waals surface area contributed by atoms with Gasteiger partial charge in [-0.25, -0.2) is 0 Å². The highest BCUT2D eigenvalue weighted by atomic mass is 79.9. The molecule has 0 aliphatic carbocycles. The number of ether oxygens (including phenoxy) is 1. The average molecular weight is 335 g/mol. The smallest absolute Gasteiger partial charge is 0.174 e. The number of benzene rings is 2. The number of rotatable bonds is 1. The Balaban J connectivity index is 2.00. The van der Waals surface area contributed by atoms with Gasteiger partial charge in [0.25, 0.3) is 0 Å². The Morgan fingerprint density at radius 3 is 2.55 bits per heavy atom. The molecular formula is C15H11BrO4. The van der Waals surface area contributed by atoms with Gasteiger partial charge in [-0.2, -0.15) is 0 Å². The van der Waals surface area contributed by atoms with Crippen LogP contribution in [-0.4, -0.2) is 16.0 Å². The number of fused-ring (bicyclic) bond motifs is 1. The first kappa shape index (κ1) is 13.0. The van der Waals surface area contributed by atoms with Crippen LogP contribution in [0.1, 0.15) is 28.4 Å². The van der Waals surface area contributed by atoms with Crippen molar-refractivity contribution in [2.45, 2.75) is 12.5 Å². The number of carbonyl (C=O) groups is 1. The Morgan fingerprint density at radius 1 is 1.15 bits per heavy atom. The molecule has 20 heavy (non-hydrogen) atoms. The molecule has 0 amide bonds. The number of aromatic hydroxyl groups is 2. The van der Waals surface area contributed by atoms with E-state index in [0.29, 0.717) is 0 Å². The third-order valence-electron chi connectivity index (χ3n) is 3.23. The third-order valence-corrected chi connectivity index (χ3v) is 3.76. The van der Waals surface area contributed by atoms with Crippen LogP contribution in [0.2, 0.25) is 0 Å². The predicted octanol–water partition coefficient (Wildman–Crippen LogP) is 3.57. The van der Waals surface area contributed by atoms with E-state index in [1.165, 1.54) is 6.07 Å². The quantitative estimate of drug-likeness (QED) is 0.836. The Kier molecular flexibility index (Phi) is 3.14. The molecular weight excluding hydrogens is 324 g/mol. The van der Waals surface area contributed by atoms with Gasteiger partial charge in [-0.05, 0) is 17.7 Å². The van der Waals surface area contributed by atoms with Crippen molar-refractivity contribution in [1.29, 1.82) is 0 Å². The lowest BCUT2D eigenvalue weighted by Gasteiger charge is -2.26. The molecule has 0 spiro atoms. The minimum Gasteiger partial charge on any atom is -0.508 e. The summed E-state index contributed by atoms with van der Waals surface area (Å²) in [7, 11) is 0. The largest absolute Gasteiger partial charge is 0.508 e. The van der Waals surface area contributed by atoms with Crippen LogP contribution in [-0.2, 0) is 0 Å². The van der Waals surface area contributed by atoms with Crippen molar-refractivity contribution < 1.29 is 19.7 Å². The molecule has 4 nitrogen and oxygen atoms in total. The molecule has 5 heteroatoms. The van der Waals surface area contributed by atoms with Crippen molar-refractivity contribution in [2.75, 3.05) is 0 Å². The lowest BCUT2D eigenvalue weighted by molar-refractivity contribution is 0.0845.